The van der Waals surface area contributed by atoms with Gasteiger partial charge >= 0.3 is 6.09 Å². The van der Waals surface area contributed by atoms with Crippen LogP contribution in [0.4, 0.5) is 4.79 Å². The first-order valence-electron chi connectivity index (χ1n) is 8.21. The lowest BCUT2D eigenvalue weighted by Crippen LogP contribution is -2.33. The number of rotatable bonds is 6. The van der Waals surface area contributed by atoms with E-state index >= 15 is 0 Å². The normalized spacial score (nSPS) is 21.4. The van der Waals surface area contributed by atoms with Gasteiger partial charge in [0.15, 0.2) is 0 Å². The molecule has 0 radical (unpaired) electrons. The first-order chi connectivity index (χ1) is 10.7. The molecule has 1 fully saturated rings. The Morgan fingerprint density at radius 2 is 1.82 bits per heavy atom. The van der Waals surface area contributed by atoms with E-state index in [4.69, 9.17) is 9.84 Å². The molecule has 0 bridgehead atoms. The average molecular weight is 305 g/mol. The molecule has 0 aliphatic heterocycles. The lowest BCUT2D eigenvalue weighted by Gasteiger charge is -2.30. The molecule has 1 amide bonds. The highest BCUT2D eigenvalue weighted by Crippen LogP contribution is 2.31. The van der Waals surface area contributed by atoms with Crippen LogP contribution in [0.25, 0.3) is 0 Å². The Morgan fingerprint density at radius 1 is 1.18 bits per heavy atom. The maximum atomic E-state index is 12.0. The summed E-state index contributed by atoms with van der Waals surface area (Å²) in [4.78, 5) is 13.7. The molecule has 1 aliphatic rings. The second-order valence-electron chi connectivity index (χ2n) is 6.32. The number of hydrogen-bond donors (Lipinski definition) is 1. The summed E-state index contributed by atoms with van der Waals surface area (Å²) in [7, 11) is 1.81. The molecule has 0 atom stereocenters. The van der Waals surface area contributed by atoms with E-state index in [1.165, 1.54) is 0 Å². The standard InChI is InChI=1S/C18H27NO3/c1-19(13-16-9-7-15(8-10-16)11-12-20)18(21)22-14-17-5-3-2-4-6-17/h2-6,15-16,20H,7-14H2,1H3/t15-,16-. The Kier molecular flexibility index (Phi) is 6.72. The molecule has 2 rings (SSSR count). The SMILES string of the molecule is CN(C[C@H]1CC[C@H](CCO)CC1)C(=O)OCc1ccccc1. The Morgan fingerprint density at radius 3 is 2.45 bits per heavy atom. The maximum absolute atomic E-state index is 12.0. The van der Waals surface area contributed by atoms with Crippen molar-refractivity contribution < 1.29 is 14.6 Å². The molecule has 0 aromatic heterocycles. The van der Waals surface area contributed by atoms with Crippen molar-refractivity contribution in [3.63, 3.8) is 0 Å². The van der Waals surface area contributed by atoms with Gasteiger partial charge in [0.2, 0.25) is 0 Å². The highest BCUT2D eigenvalue weighted by atomic mass is 16.6. The number of nitrogens with zero attached hydrogens (tertiary/aromatic N) is 1. The molecule has 1 N–H and O–H groups in total. The number of aliphatic hydroxyl groups excluding tert-OH is 1. The van der Waals surface area contributed by atoms with Crippen LogP contribution < -0.4 is 0 Å². The van der Waals surface area contributed by atoms with Crippen molar-refractivity contribution in [1.82, 2.24) is 4.90 Å². The summed E-state index contributed by atoms with van der Waals surface area (Å²) in [5.74, 6) is 1.22. The van der Waals surface area contributed by atoms with Gasteiger partial charge in [-0.15, -0.1) is 0 Å². The molecule has 0 unspecified atom stereocenters. The van der Waals surface area contributed by atoms with E-state index in [0.29, 0.717) is 25.0 Å². The van der Waals surface area contributed by atoms with E-state index in [0.717, 1.165) is 44.2 Å². The number of carbonyl (C=O) groups is 1. The van der Waals surface area contributed by atoms with Gasteiger partial charge in [0.25, 0.3) is 0 Å². The van der Waals surface area contributed by atoms with E-state index in [-0.39, 0.29) is 6.09 Å². The van der Waals surface area contributed by atoms with Crippen LogP contribution in [0.2, 0.25) is 0 Å². The third-order valence-electron chi connectivity index (χ3n) is 4.55. The van der Waals surface area contributed by atoms with Gasteiger partial charge < -0.3 is 14.7 Å². The number of hydrogen-bond acceptors (Lipinski definition) is 3. The zero-order valence-corrected chi connectivity index (χ0v) is 13.4. The fourth-order valence-electron chi connectivity index (χ4n) is 3.18. The largest absolute Gasteiger partial charge is 0.445 e. The molecule has 4 nitrogen and oxygen atoms in total. The van der Waals surface area contributed by atoms with Crippen molar-refractivity contribution >= 4 is 6.09 Å². The summed E-state index contributed by atoms with van der Waals surface area (Å²) >= 11 is 0. The minimum Gasteiger partial charge on any atom is -0.445 e. The molecule has 1 aromatic rings. The van der Waals surface area contributed by atoms with Crippen LogP contribution >= 0.6 is 0 Å². The molecule has 0 saturated heterocycles. The van der Waals surface area contributed by atoms with Gasteiger partial charge in [-0.25, -0.2) is 4.79 Å². The zero-order valence-electron chi connectivity index (χ0n) is 13.4. The van der Waals surface area contributed by atoms with Gasteiger partial charge in [0.05, 0.1) is 0 Å². The number of ether oxygens (including phenoxy) is 1. The van der Waals surface area contributed by atoms with Crippen molar-refractivity contribution in [2.24, 2.45) is 11.8 Å². The smallest absolute Gasteiger partial charge is 0.409 e. The molecule has 1 aromatic carbocycles. The van der Waals surface area contributed by atoms with E-state index in [1.54, 1.807) is 4.90 Å². The van der Waals surface area contributed by atoms with Crippen molar-refractivity contribution in [3.05, 3.63) is 35.9 Å². The van der Waals surface area contributed by atoms with Crippen LogP contribution in [0, 0.1) is 11.8 Å². The van der Waals surface area contributed by atoms with Gasteiger partial charge in [-0.3, -0.25) is 0 Å². The molecular formula is C18H27NO3. The van der Waals surface area contributed by atoms with Crippen molar-refractivity contribution in [2.45, 2.75) is 38.7 Å². The number of aliphatic hydroxyl groups is 1. The lowest BCUT2D eigenvalue weighted by atomic mass is 9.80. The predicted molar refractivity (Wildman–Crippen MR) is 86.4 cm³/mol. The van der Waals surface area contributed by atoms with Crippen molar-refractivity contribution in [3.8, 4) is 0 Å². The van der Waals surface area contributed by atoms with Gasteiger partial charge in [-0.2, -0.15) is 0 Å². The number of benzene rings is 1. The van der Waals surface area contributed by atoms with Gasteiger partial charge in [0, 0.05) is 20.2 Å². The summed E-state index contributed by atoms with van der Waals surface area (Å²) in [5, 5.41) is 8.99. The maximum Gasteiger partial charge on any atom is 0.409 e. The number of amides is 1. The van der Waals surface area contributed by atoms with Crippen LogP contribution in [0.1, 0.15) is 37.7 Å². The monoisotopic (exact) mass is 305 g/mol. The first-order valence-corrected chi connectivity index (χ1v) is 8.21. The second kappa shape index (κ2) is 8.79. The van der Waals surface area contributed by atoms with Gasteiger partial charge in [-0.05, 0) is 36.7 Å². The van der Waals surface area contributed by atoms with Gasteiger partial charge in [-0.1, -0.05) is 43.2 Å². The molecule has 4 heteroatoms. The summed E-state index contributed by atoms with van der Waals surface area (Å²) in [6.45, 7) is 1.38. The Hall–Kier alpha value is -1.55. The summed E-state index contributed by atoms with van der Waals surface area (Å²) in [5.41, 5.74) is 1.01. The van der Waals surface area contributed by atoms with Crippen LogP contribution in [0.15, 0.2) is 30.3 Å². The fourth-order valence-corrected chi connectivity index (χ4v) is 3.18. The zero-order chi connectivity index (χ0) is 15.8. The summed E-state index contributed by atoms with van der Waals surface area (Å²) in [6.07, 6.45) is 5.28. The van der Waals surface area contributed by atoms with E-state index in [9.17, 15) is 4.79 Å². The second-order valence-corrected chi connectivity index (χ2v) is 6.32. The summed E-state index contributed by atoms with van der Waals surface area (Å²) < 4.78 is 5.35. The Bertz CT molecular complexity index is 441. The van der Waals surface area contributed by atoms with Crippen LogP contribution in [-0.2, 0) is 11.3 Å². The highest BCUT2D eigenvalue weighted by molar-refractivity contribution is 5.67. The average Bonchev–Trinajstić information content (AvgIpc) is 2.55. The molecule has 1 saturated carbocycles. The lowest BCUT2D eigenvalue weighted by molar-refractivity contribution is 0.0939. The van der Waals surface area contributed by atoms with E-state index in [2.05, 4.69) is 0 Å². The van der Waals surface area contributed by atoms with Crippen LogP contribution in [0.3, 0.4) is 0 Å². The molecule has 1 aliphatic carbocycles. The molecule has 22 heavy (non-hydrogen) atoms. The first kappa shape index (κ1) is 16.8. The van der Waals surface area contributed by atoms with Crippen LogP contribution in [-0.4, -0.2) is 36.3 Å². The third kappa shape index (κ3) is 5.34. The Balaban J connectivity index is 1.68. The van der Waals surface area contributed by atoms with E-state index < -0.39 is 0 Å². The highest BCUT2D eigenvalue weighted by Gasteiger charge is 2.23. The predicted octanol–water partition coefficient (Wildman–Crippen LogP) is 3.44. The van der Waals surface area contributed by atoms with E-state index in [1.807, 2.05) is 37.4 Å². The van der Waals surface area contributed by atoms with Crippen molar-refractivity contribution in [2.75, 3.05) is 20.2 Å². The quantitative estimate of drug-likeness (QED) is 0.876. The summed E-state index contributed by atoms with van der Waals surface area (Å²) in [6, 6.07) is 9.74. The molecule has 0 heterocycles. The molecule has 0 spiro atoms. The van der Waals surface area contributed by atoms with Gasteiger partial charge in [0.1, 0.15) is 6.61 Å². The third-order valence-corrected chi connectivity index (χ3v) is 4.55. The minimum atomic E-state index is -0.249. The fraction of sp³-hybridized carbons (Fsp3) is 0.611. The van der Waals surface area contributed by atoms with Crippen LogP contribution in [0.5, 0.6) is 0 Å². The Labute approximate surface area is 133 Å². The topological polar surface area (TPSA) is 49.8 Å². The molecule has 122 valence electrons. The minimum absolute atomic E-state index is 0.249. The van der Waals surface area contributed by atoms with Crippen molar-refractivity contribution in [1.29, 1.82) is 0 Å². The number of carbonyl (C=O) groups excluding carboxylic acids is 1. The molecular weight excluding hydrogens is 278 g/mol.